The lowest BCUT2D eigenvalue weighted by molar-refractivity contribution is 1.37. The number of aliphatic imine (C=N–C) groups is 1. The molecule has 2 aromatic carbocycles. The molecule has 0 atom stereocenters. The predicted molar refractivity (Wildman–Crippen MR) is 112 cm³/mol. The van der Waals surface area contributed by atoms with Crippen LogP contribution < -0.4 is 0 Å². The lowest BCUT2D eigenvalue weighted by Gasteiger charge is -2.02. The monoisotopic (exact) mass is 353 g/mol. The van der Waals surface area contributed by atoms with Crippen molar-refractivity contribution in [3.05, 3.63) is 83.3 Å². The van der Waals surface area contributed by atoms with Gasteiger partial charge in [0.25, 0.3) is 0 Å². The van der Waals surface area contributed by atoms with Crippen LogP contribution in [-0.2, 0) is 0 Å². The molecule has 2 rings (SSSR count). The summed E-state index contributed by atoms with van der Waals surface area (Å²) < 4.78 is 0. The quantitative estimate of drug-likeness (QED) is 0.239. The number of hydrogen-bond donors (Lipinski definition) is 0. The van der Waals surface area contributed by atoms with Crippen molar-refractivity contribution in [3.8, 4) is 0 Å². The van der Waals surface area contributed by atoms with E-state index < -0.39 is 0 Å². The molecular weight excluding hydrogens is 330 g/mol. The van der Waals surface area contributed by atoms with E-state index in [9.17, 15) is 0 Å². The van der Waals surface area contributed by atoms with E-state index in [-0.39, 0.29) is 0 Å². The molecule has 0 aliphatic carbocycles. The normalized spacial score (nSPS) is 11.7. The molecule has 0 aliphatic rings. The Kier molecular flexibility index (Phi) is 7.93. The molecular formula is C21H23NS2. The largest absolute Gasteiger partial charge is 0.242 e. The lowest BCUT2D eigenvalue weighted by atomic mass is 10.2. The van der Waals surface area contributed by atoms with Gasteiger partial charge in [-0.2, -0.15) is 0 Å². The van der Waals surface area contributed by atoms with Crippen molar-refractivity contribution in [2.24, 2.45) is 4.99 Å². The minimum atomic E-state index is 0.938. The molecule has 0 aromatic heterocycles. The summed E-state index contributed by atoms with van der Waals surface area (Å²) in [6.07, 6.45) is 4.33. The van der Waals surface area contributed by atoms with Crippen molar-refractivity contribution in [2.75, 3.05) is 5.75 Å². The Morgan fingerprint density at radius 3 is 2.38 bits per heavy atom. The van der Waals surface area contributed by atoms with Gasteiger partial charge in [0.2, 0.25) is 0 Å². The fourth-order valence-corrected chi connectivity index (χ4v) is 3.50. The Morgan fingerprint density at radius 1 is 1.00 bits per heavy atom. The molecule has 0 heterocycles. The summed E-state index contributed by atoms with van der Waals surface area (Å²) in [4.78, 5) is 6.01. The van der Waals surface area contributed by atoms with Crippen LogP contribution in [0.5, 0.6) is 0 Å². The summed E-state index contributed by atoms with van der Waals surface area (Å²) in [6.45, 7) is 6.34. The highest BCUT2D eigenvalue weighted by Crippen LogP contribution is 2.21. The van der Waals surface area contributed by atoms with Gasteiger partial charge < -0.3 is 0 Å². The van der Waals surface area contributed by atoms with Crippen LogP contribution in [0.2, 0.25) is 0 Å². The van der Waals surface area contributed by atoms with Gasteiger partial charge in [-0.1, -0.05) is 59.3 Å². The second kappa shape index (κ2) is 10.2. The van der Waals surface area contributed by atoms with Crippen LogP contribution in [0.15, 0.2) is 87.6 Å². The van der Waals surface area contributed by atoms with Crippen LogP contribution >= 0.6 is 23.5 Å². The van der Waals surface area contributed by atoms with E-state index in [0.29, 0.717) is 0 Å². The highest BCUT2D eigenvalue weighted by atomic mass is 32.2. The molecule has 0 bridgehead atoms. The molecule has 0 aliphatic heterocycles. The summed E-state index contributed by atoms with van der Waals surface area (Å²) in [5, 5.41) is 3.14. The van der Waals surface area contributed by atoms with Gasteiger partial charge in [0.15, 0.2) is 0 Å². The topological polar surface area (TPSA) is 12.4 Å². The zero-order chi connectivity index (χ0) is 17.2. The number of rotatable bonds is 6. The van der Waals surface area contributed by atoms with Gasteiger partial charge in [0.1, 0.15) is 0 Å². The fourth-order valence-electron chi connectivity index (χ4n) is 1.83. The van der Waals surface area contributed by atoms with Gasteiger partial charge in [-0.3, -0.25) is 0 Å². The summed E-state index contributed by atoms with van der Waals surface area (Å²) in [5.41, 5.74) is 3.58. The zero-order valence-corrected chi connectivity index (χ0v) is 16.0. The maximum atomic E-state index is 4.78. The first-order chi connectivity index (χ1) is 11.6. The van der Waals surface area contributed by atoms with E-state index in [4.69, 9.17) is 4.99 Å². The van der Waals surface area contributed by atoms with Gasteiger partial charge in [-0.25, -0.2) is 4.99 Å². The van der Waals surface area contributed by atoms with E-state index >= 15 is 0 Å². The van der Waals surface area contributed by atoms with Gasteiger partial charge >= 0.3 is 0 Å². The molecule has 0 saturated heterocycles. The SMILES string of the molecule is CC(C)=CCSC(C=CSc1ccccc1)=Nc1ccc(C)cc1. The minimum Gasteiger partial charge on any atom is -0.242 e. The van der Waals surface area contributed by atoms with E-state index in [2.05, 4.69) is 86.9 Å². The molecule has 24 heavy (non-hydrogen) atoms. The lowest BCUT2D eigenvalue weighted by Crippen LogP contribution is -1.88. The zero-order valence-electron chi connectivity index (χ0n) is 14.4. The molecule has 0 fully saturated rings. The van der Waals surface area contributed by atoms with E-state index in [1.54, 1.807) is 23.5 Å². The maximum absolute atomic E-state index is 4.78. The van der Waals surface area contributed by atoms with Gasteiger partial charge in [-0.15, -0.1) is 11.8 Å². The van der Waals surface area contributed by atoms with E-state index in [1.165, 1.54) is 16.0 Å². The van der Waals surface area contributed by atoms with Crippen molar-refractivity contribution < 1.29 is 0 Å². The number of thioether (sulfide) groups is 2. The molecule has 0 amide bonds. The molecule has 0 radical (unpaired) electrons. The number of nitrogens with zero attached hydrogens (tertiary/aromatic N) is 1. The Labute approximate surface area is 154 Å². The summed E-state index contributed by atoms with van der Waals surface area (Å²) in [7, 11) is 0. The standard InChI is InChI=1S/C21H23NS2/c1-17(2)13-15-24-21(22-19-11-9-18(3)10-12-19)14-16-23-20-7-5-4-6-8-20/h4-14,16H,15H2,1-3H3. The van der Waals surface area contributed by atoms with Crippen LogP contribution in [-0.4, -0.2) is 10.8 Å². The first-order valence-corrected chi connectivity index (χ1v) is 9.80. The summed E-state index contributed by atoms with van der Waals surface area (Å²) in [5.74, 6) is 0.938. The van der Waals surface area contributed by atoms with Crippen molar-refractivity contribution in [1.29, 1.82) is 0 Å². The molecule has 0 N–H and O–H groups in total. The highest BCUT2D eigenvalue weighted by molar-refractivity contribution is 8.14. The van der Waals surface area contributed by atoms with Gasteiger partial charge in [-0.05, 0) is 56.5 Å². The fraction of sp³-hybridized carbons (Fsp3) is 0.190. The van der Waals surface area contributed by atoms with Crippen LogP contribution in [0.1, 0.15) is 19.4 Å². The van der Waals surface area contributed by atoms with Crippen LogP contribution in [0.3, 0.4) is 0 Å². The number of hydrogen-bond acceptors (Lipinski definition) is 3. The van der Waals surface area contributed by atoms with E-state index in [0.717, 1.165) is 16.5 Å². The predicted octanol–water partition coefficient (Wildman–Crippen LogP) is 7.03. The maximum Gasteiger partial charge on any atom is 0.0975 e. The first-order valence-electron chi connectivity index (χ1n) is 7.93. The Balaban J connectivity index is 2.09. The van der Waals surface area contributed by atoms with Crippen LogP contribution in [0, 0.1) is 6.92 Å². The Hall–Kier alpha value is -1.71. The van der Waals surface area contributed by atoms with Gasteiger partial charge in [0.05, 0.1) is 10.7 Å². The first kappa shape index (κ1) is 18.6. The Bertz CT molecular complexity index is 709. The Morgan fingerprint density at radius 2 is 1.71 bits per heavy atom. The third kappa shape index (κ3) is 7.24. The van der Waals surface area contributed by atoms with Crippen LogP contribution in [0.25, 0.3) is 0 Å². The molecule has 0 unspecified atom stereocenters. The van der Waals surface area contributed by atoms with Crippen molar-refractivity contribution in [1.82, 2.24) is 0 Å². The average Bonchev–Trinajstić information content (AvgIpc) is 2.57. The summed E-state index contributed by atoms with van der Waals surface area (Å²) in [6, 6.07) is 18.7. The molecule has 1 nitrogen and oxygen atoms in total. The molecule has 0 spiro atoms. The van der Waals surface area contributed by atoms with Crippen molar-refractivity contribution in [2.45, 2.75) is 25.7 Å². The summed E-state index contributed by atoms with van der Waals surface area (Å²) >= 11 is 3.47. The molecule has 124 valence electrons. The van der Waals surface area contributed by atoms with E-state index in [1.807, 2.05) is 6.07 Å². The molecule has 3 heteroatoms. The second-order valence-electron chi connectivity index (χ2n) is 5.61. The van der Waals surface area contributed by atoms with Crippen LogP contribution in [0.4, 0.5) is 5.69 Å². The molecule has 2 aromatic rings. The van der Waals surface area contributed by atoms with Crippen molar-refractivity contribution in [3.63, 3.8) is 0 Å². The number of allylic oxidation sites excluding steroid dienone is 1. The number of aryl methyl sites for hydroxylation is 1. The third-order valence-corrected chi connectivity index (χ3v) is 4.83. The third-order valence-electron chi connectivity index (χ3n) is 3.15. The second-order valence-corrected chi connectivity index (χ2v) is 7.63. The molecule has 0 saturated carbocycles. The van der Waals surface area contributed by atoms with Crippen molar-refractivity contribution >= 4 is 34.3 Å². The highest BCUT2D eigenvalue weighted by Gasteiger charge is 1.97. The minimum absolute atomic E-state index is 0.938. The smallest absolute Gasteiger partial charge is 0.0975 e. The van der Waals surface area contributed by atoms with Gasteiger partial charge in [0, 0.05) is 10.6 Å². The number of benzene rings is 2. The average molecular weight is 354 g/mol.